The van der Waals surface area contributed by atoms with Gasteiger partial charge in [0.25, 0.3) is 0 Å². The van der Waals surface area contributed by atoms with Crippen LogP contribution in [-0.4, -0.2) is 9.52 Å². The van der Waals surface area contributed by atoms with Gasteiger partial charge >= 0.3 is 0 Å². The number of hydrogen-bond donors (Lipinski definition) is 0. The first-order valence-corrected chi connectivity index (χ1v) is 6.42. The fraction of sp³-hybridized carbons (Fsp3) is 0.200. The molecular weight excluding hydrogens is 148 g/mol. The van der Waals surface area contributed by atoms with Gasteiger partial charge in [0.1, 0.15) is 0 Å². The summed E-state index contributed by atoms with van der Waals surface area (Å²) in [6.45, 7) is 2.37. The van der Waals surface area contributed by atoms with E-state index in [9.17, 15) is 0 Å². The molecule has 1 unspecified atom stereocenters. The van der Waals surface area contributed by atoms with Gasteiger partial charge < -0.3 is 0 Å². The van der Waals surface area contributed by atoms with Crippen LogP contribution in [0.5, 0.6) is 0 Å². The van der Waals surface area contributed by atoms with Gasteiger partial charge in [0.2, 0.25) is 0 Å². The zero-order valence-corrected chi connectivity index (χ0v) is 8.16. The SMILES string of the molecule is C[SiH2]C1C=Cc2ccccc21. The van der Waals surface area contributed by atoms with Crippen molar-refractivity contribution in [3.8, 4) is 0 Å². The molecule has 0 heterocycles. The van der Waals surface area contributed by atoms with Crippen LogP contribution >= 0.6 is 0 Å². The van der Waals surface area contributed by atoms with Crippen LogP contribution in [0.4, 0.5) is 0 Å². The second kappa shape index (κ2) is 2.66. The summed E-state index contributed by atoms with van der Waals surface area (Å²) in [5.74, 6) is 0. The molecule has 0 nitrogen and oxygen atoms in total. The van der Waals surface area contributed by atoms with Gasteiger partial charge in [-0.3, -0.25) is 0 Å². The lowest BCUT2D eigenvalue weighted by molar-refractivity contribution is 1.23. The van der Waals surface area contributed by atoms with E-state index in [2.05, 4.69) is 43.0 Å². The molecule has 1 heteroatoms. The van der Waals surface area contributed by atoms with Gasteiger partial charge in [0.15, 0.2) is 0 Å². The highest BCUT2D eigenvalue weighted by Gasteiger charge is 2.13. The minimum Gasteiger partial charge on any atom is -0.0798 e. The molecule has 0 N–H and O–H groups in total. The number of benzene rings is 1. The molecule has 2 rings (SSSR count). The van der Waals surface area contributed by atoms with E-state index in [0.29, 0.717) is 0 Å². The monoisotopic (exact) mass is 160 g/mol. The van der Waals surface area contributed by atoms with Crippen LogP contribution in [0.3, 0.4) is 0 Å². The van der Waals surface area contributed by atoms with Crippen molar-refractivity contribution < 1.29 is 0 Å². The summed E-state index contributed by atoms with van der Waals surface area (Å²) in [6, 6.07) is 8.72. The first-order chi connectivity index (χ1) is 5.42. The zero-order chi connectivity index (χ0) is 7.68. The molecule has 1 aliphatic carbocycles. The highest BCUT2D eigenvalue weighted by atomic mass is 28.2. The normalized spacial score (nSPS) is 21.4. The summed E-state index contributed by atoms with van der Waals surface area (Å²) in [4.78, 5) is 0. The van der Waals surface area contributed by atoms with Crippen LogP contribution in [0.1, 0.15) is 16.7 Å². The largest absolute Gasteiger partial charge is 0.0798 e. The molecule has 1 aromatic carbocycles. The Morgan fingerprint density at radius 3 is 2.91 bits per heavy atom. The van der Waals surface area contributed by atoms with Crippen LogP contribution in [0.2, 0.25) is 6.55 Å². The summed E-state index contributed by atoms with van der Waals surface area (Å²) < 4.78 is 0. The summed E-state index contributed by atoms with van der Waals surface area (Å²) in [6.07, 6.45) is 4.62. The van der Waals surface area contributed by atoms with Crippen LogP contribution in [0.15, 0.2) is 30.3 Å². The Labute approximate surface area is 69.8 Å². The Morgan fingerprint density at radius 2 is 2.09 bits per heavy atom. The van der Waals surface area contributed by atoms with Crippen LogP contribution in [0, 0.1) is 0 Å². The van der Waals surface area contributed by atoms with Crippen LogP contribution < -0.4 is 0 Å². The minimum absolute atomic E-state index is 0.0950. The lowest BCUT2D eigenvalue weighted by atomic mass is 10.1. The van der Waals surface area contributed by atoms with Crippen molar-refractivity contribution in [3.63, 3.8) is 0 Å². The van der Waals surface area contributed by atoms with Crippen molar-refractivity contribution in [1.29, 1.82) is 0 Å². The fourth-order valence-corrected chi connectivity index (χ4v) is 2.90. The molecule has 11 heavy (non-hydrogen) atoms. The van der Waals surface area contributed by atoms with E-state index >= 15 is 0 Å². The van der Waals surface area contributed by atoms with Gasteiger partial charge in [0.05, 0.1) is 0 Å². The average Bonchev–Trinajstić information content (AvgIpc) is 2.47. The first-order valence-electron chi connectivity index (χ1n) is 4.19. The Hall–Kier alpha value is -0.823. The average molecular weight is 160 g/mol. The Morgan fingerprint density at radius 1 is 1.27 bits per heavy atom. The molecule has 0 bridgehead atoms. The first kappa shape index (κ1) is 6.86. The van der Waals surface area contributed by atoms with Gasteiger partial charge in [-0.2, -0.15) is 0 Å². The molecule has 1 aliphatic rings. The molecule has 0 aliphatic heterocycles. The third-order valence-electron chi connectivity index (χ3n) is 2.34. The third kappa shape index (κ3) is 1.05. The smallest absolute Gasteiger partial charge is 0.0304 e. The fourth-order valence-electron chi connectivity index (χ4n) is 1.68. The molecule has 0 fully saturated rings. The summed E-state index contributed by atoms with van der Waals surface area (Å²) in [5, 5.41) is 0. The van der Waals surface area contributed by atoms with Crippen molar-refractivity contribution in [3.05, 3.63) is 41.5 Å². The molecule has 0 saturated heterocycles. The Bertz CT molecular complexity index is 289. The molecule has 1 aromatic rings. The quantitative estimate of drug-likeness (QED) is 0.551. The molecular formula is C10H12Si. The van der Waals surface area contributed by atoms with Crippen molar-refractivity contribution in [2.45, 2.75) is 12.1 Å². The molecule has 0 radical (unpaired) electrons. The maximum absolute atomic E-state index is 2.37. The molecule has 56 valence electrons. The van der Waals surface area contributed by atoms with Gasteiger partial charge in [-0.1, -0.05) is 43.0 Å². The second-order valence-electron chi connectivity index (χ2n) is 3.00. The maximum Gasteiger partial charge on any atom is 0.0304 e. The van der Waals surface area contributed by atoms with Crippen LogP contribution in [0.25, 0.3) is 6.08 Å². The highest BCUT2D eigenvalue weighted by molar-refractivity contribution is 6.37. The predicted octanol–water partition coefficient (Wildman–Crippen LogP) is 1.97. The highest BCUT2D eigenvalue weighted by Crippen LogP contribution is 2.28. The van der Waals surface area contributed by atoms with Gasteiger partial charge in [-0.25, -0.2) is 0 Å². The topological polar surface area (TPSA) is 0 Å². The van der Waals surface area contributed by atoms with Crippen molar-refractivity contribution in [2.75, 3.05) is 0 Å². The molecule has 0 saturated carbocycles. The van der Waals surface area contributed by atoms with E-state index in [0.717, 1.165) is 5.54 Å². The van der Waals surface area contributed by atoms with Gasteiger partial charge in [0, 0.05) is 9.52 Å². The molecule has 0 amide bonds. The van der Waals surface area contributed by atoms with E-state index in [1.165, 1.54) is 5.56 Å². The standard InChI is InChI=1S/C10H12Si/c1-11-10-7-6-8-4-2-3-5-9(8)10/h2-7,10H,11H2,1H3. The Balaban J connectivity index is 2.46. The minimum atomic E-state index is 0.0950. The lowest BCUT2D eigenvalue weighted by Gasteiger charge is -2.05. The van der Waals surface area contributed by atoms with E-state index in [1.54, 1.807) is 5.56 Å². The summed E-state index contributed by atoms with van der Waals surface area (Å²) in [7, 11) is 0.0950. The van der Waals surface area contributed by atoms with Crippen LogP contribution in [-0.2, 0) is 0 Å². The predicted molar refractivity (Wildman–Crippen MR) is 52.6 cm³/mol. The summed E-state index contributed by atoms with van der Waals surface area (Å²) >= 11 is 0. The van der Waals surface area contributed by atoms with Gasteiger partial charge in [-0.05, 0) is 16.7 Å². The summed E-state index contributed by atoms with van der Waals surface area (Å²) in [5.41, 5.74) is 3.81. The van der Waals surface area contributed by atoms with Crippen molar-refractivity contribution in [2.24, 2.45) is 0 Å². The molecule has 0 spiro atoms. The van der Waals surface area contributed by atoms with Crippen molar-refractivity contribution in [1.82, 2.24) is 0 Å². The van der Waals surface area contributed by atoms with Gasteiger partial charge in [-0.15, -0.1) is 0 Å². The van der Waals surface area contributed by atoms with E-state index in [4.69, 9.17) is 0 Å². The van der Waals surface area contributed by atoms with E-state index in [1.807, 2.05) is 0 Å². The third-order valence-corrected chi connectivity index (χ3v) is 3.94. The van der Waals surface area contributed by atoms with E-state index < -0.39 is 0 Å². The van der Waals surface area contributed by atoms with E-state index in [-0.39, 0.29) is 9.52 Å². The molecule has 1 atom stereocenters. The lowest BCUT2D eigenvalue weighted by Crippen LogP contribution is -1.98. The van der Waals surface area contributed by atoms with Crippen molar-refractivity contribution >= 4 is 15.6 Å². The number of rotatable bonds is 1. The number of allylic oxidation sites excluding steroid dienone is 1. The molecule has 0 aromatic heterocycles. The Kier molecular flexibility index (Phi) is 1.66. The number of fused-ring (bicyclic) bond motifs is 1. The second-order valence-corrected chi connectivity index (χ2v) is 4.70. The maximum atomic E-state index is 2.37. The zero-order valence-electron chi connectivity index (χ0n) is 6.75. The number of hydrogen-bond acceptors (Lipinski definition) is 0.